The van der Waals surface area contributed by atoms with Crippen LogP contribution in [0.3, 0.4) is 0 Å². The van der Waals surface area contributed by atoms with Crippen LogP contribution in [0.4, 0.5) is 5.69 Å². The van der Waals surface area contributed by atoms with E-state index in [1.54, 1.807) is 11.4 Å². The SMILES string of the molecule is O=C(O)CN(c1ccc(Cl)cc1)S(=O)(=O)c1cccs1. The molecule has 1 aromatic heterocycles. The van der Waals surface area contributed by atoms with Crippen LogP contribution in [0.2, 0.25) is 5.02 Å². The third-order valence-electron chi connectivity index (χ3n) is 2.43. The van der Waals surface area contributed by atoms with Crippen molar-refractivity contribution in [3.05, 3.63) is 46.8 Å². The number of nitrogens with zero attached hydrogens (tertiary/aromatic N) is 1. The third-order valence-corrected chi connectivity index (χ3v) is 5.83. The lowest BCUT2D eigenvalue weighted by atomic mass is 10.3. The number of carboxylic acid groups (broad SMARTS) is 1. The minimum absolute atomic E-state index is 0.0914. The quantitative estimate of drug-likeness (QED) is 0.914. The summed E-state index contributed by atoms with van der Waals surface area (Å²) in [5, 5.41) is 11.0. The first kappa shape index (κ1) is 14.8. The number of anilines is 1. The van der Waals surface area contributed by atoms with Crippen LogP contribution >= 0.6 is 22.9 Å². The van der Waals surface area contributed by atoms with Crippen molar-refractivity contribution < 1.29 is 18.3 Å². The summed E-state index contributed by atoms with van der Waals surface area (Å²) in [5.74, 6) is -1.24. The Hall–Kier alpha value is -1.57. The van der Waals surface area contributed by atoms with Gasteiger partial charge in [0.05, 0.1) is 5.69 Å². The molecule has 1 N–H and O–H groups in total. The molecule has 20 heavy (non-hydrogen) atoms. The number of hydrogen-bond acceptors (Lipinski definition) is 4. The number of carbonyl (C=O) groups is 1. The van der Waals surface area contributed by atoms with Gasteiger partial charge in [0.2, 0.25) is 0 Å². The van der Waals surface area contributed by atoms with Gasteiger partial charge >= 0.3 is 5.97 Å². The predicted octanol–water partition coefficient (Wildman–Crippen LogP) is 2.68. The van der Waals surface area contributed by atoms with Crippen LogP contribution in [-0.4, -0.2) is 26.0 Å². The fraction of sp³-hybridized carbons (Fsp3) is 0.0833. The third kappa shape index (κ3) is 3.12. The molecule has 0 radical (unpaired) electrons. The van der Waals surface area contributed by atoms with Crippen LogP contribution in [-0.2, 0) is 14.8 Å². The minimum Gasteiger partial charge on any atom is -0.480 e. The first-order valence-electron chi connectivity index (χ1n) is 5.45. The van der Waals surface area contributed by atoms with Crippen molar-refractivity contribution in [3.63, 3.8) is 0 Å². The molecule has 0 atom stereocenters. The van der Waals surface area contributed by atoms with Gasteiger partial charge in [0.25, 0.3) is 10.0 Å². The number of carboxylic acids is 1. The standard InChI is InChI=1S/C12H10ClNO4S2/c13-9-3-5-10(6-4-9)14(8-11(15)16)20(17,18)12-2-1-7-19-12/h1-7H,8H2,(H,15,16). The minimum atomic E-state index is -3.89. The highest BCUT2D eigenvalue weighted by Gasteiger charge is 2.27. The van der Waals surface area contributed by atoms with Crippen molar-refractivity contribution in [1.29, 1.82) is 0 Å². The Bertz CT molecular complexity index is 696. The highest BCUT2D eigenvalue weighted by atomic mass is 35.5. The molecule has 0 amide bonds. The zero-order chi connectivity index (χ0) is 14.8. The van der Waals surface area contributed by atoms with Gasteiger partial charge in [-0.15, -0.1) is 11.3 Å². The summed E-state index contributed by atoms with van der Waals surface area (Å²) in [4.78, 5) is 10.9. The maximum atomic E-state index is 12.5. The molecule has 0 saturated heterocycles. The van der Waals surface area contributed by atoms with Gasteiger partial charge in [0.15, 0.2) is 0 Å². The van der Waals surface area contributed by atoms with Crippen molar-refractivity contribution >= 4 is 44.6 Å². The van der Waals surface area contributed by atoms with Gasteiger partial charge in [-0.25, -0.2) is 8.42 Å². The Morgan fingerprint density at radius 1 is 1.25 bits per heavy atom. The molecule has 106 valence electrons. The number of thiophene rings is 1. The van der Waals surface area contributed by atoms with Crippen LogP contribution < -0.4 is 4.31 Å². The predicted molar refractivity (Wildman–Crippen MR) is 77.9 cm³/mol. The summed E-state index contributed by atoms with van der Waals surface area (Å²) in [6, 6.07) is 8.99. The molecule has 0 fully saturated rings. The lowest BCUT2D eigenvalue weighted by Crippen LogP contribution is -2.35. The van der Waals surface area contributed by atoms with E-state index >= 15 is 0 Å². The summed E-state index contributed by atoms with van der Waals surface area (Å²) >= 11 is 6.79. The molecule has 0 unspecified atom stereocenters. The molecule has 1 heterocycles. The first-order valence-corrected chi connectivity index (χ1v) is 8.14. The molecular formula is C12H10ClNO4S2. The fourth-order valence-electron chi connectivity index (χ4n) is 1.56. The number of benzene rings is 1. The zero-order valence-corrected chi connectivity index (χ0v) is 12.5. The molecule has 0 aliphatic heterocycles. The lowest BCUT2D eigenvalue weighted by molar-refractivity contribution is -0.135. The Balaban J connectivity index is 2.48. The van der Waals surface area contributed by atoms with E-state index in [2.05, 4.69) is 0 Å². The average molecular weight is 332 g/mol. The molecule has 2 aromatic rings. The molecule has 5 nitrogen and oxygen atoms in total. The molecule has 0 aliphatic rings. The van der Waals surface area contributed by atoms with E-state index in [0.717, 1.165) is 15.6 Å². The van der Waals surface area contributed by atoms with E-state index < -0.39 is 22.5 Å². The second-order valence-electron chi connectivity index (χ2n) is 3.81. The van der Waals surface area contributed by atoms with Crippen molar-refractivity contribution in [2.45, 2.75) is 4.21 Å². The van der Waals surface area contributed by atoms with Crippen LogP contribution in [0.25, 0.3) is 0 Å². The van der Waals surface area contributed by atoms with Crippen LogP contribution in [0.5, 0.6) is 0 Å². The molecule has 0 saturated carbocycles. The molecule has 8 heteroatoms. The van der Waals surface area contributed by atoms with Gasteiger partial charge in [-0.2, -0.15) is 0 Å². The Morgan fingerprint density at radius 2 is 1.90 bits per heavy atom. The first-order chi connectivity index (χ1) is 9.41. The monoisotopic (exact) mass is 331 g/mol. The summed E-state index contributed by atoms with van der Waals surface area (Å²) < 4.78 is 25.8. The number of aliphatic carboxylic acids is 1. The van der Waals surface area contributed by atoms with Gasteiger partial charge < -0.3 is 5.11 Å². The number of rotatable bonds is 5. The smallest absolute Gasteiger partial charge is 0.324 e. The van der Waals surface area contributed by atoms with Gasteiger partial charge in [-0.3, -0.25) is 9.10 Å². The van der Waals surface area contributed by atoms with E-state index in [0.29, 0.717) is 5.02 Å². The summed E-state index contributed by atoms with van der Waals surface area (Å²) in [7, 11) is -3.89. The molecular weight excluding hydrogens is 322 g/mol. The number of hydrogen-bond donors (Lipinski definition) is 1. The normalized spacial score (nSPS) is 11.2. The maximum absolute atomic E-state index is 12.5. The molecule has 1 aromatic carbocycles. The highest BCUT2D eigenvalue weighted by molar-refractivity contribution is 7.94. The summed E-state index contributed by atoms with van der Waals surface area (Å²) in [5.41, 5.74) is 0.255. The Morgan fingerprint density at radius 3 is 2.40 bits per heavy atom. The van der Waals surface area contributed by atoms with Gasteiger partial charge in [-0.05, 0) is 35.7 Å². The van der Waals surface area contributed by atoms with Crippen molar-refractivity contribution in [3.8, 4) is 0 Å². The molecule has 2 rings (SSSR count). The van der Waals surface area contributed by atoms with E-state index in [4.69, 9.17) is 16.7 Å². The highest BCUT2D eigenvalue weighted by Crippen LogP contribution is 2.27. The average Bonchev–Trinajstić information content (AvgIpc) is 2.91. The van der Waals surface area contributed by atoms with Gasteiger partial charge in [0.1, 0.15) is 10.8 Å². The van der Waals surface area contributed by atoms with Crippen molar-refractivity contribution in [2.24, 2.45) is 0 Å². The molecule has 0 spiro atoms. The zero-order valence-electron chi connectivity index (χ0n) is 10.1. The number of sulfonamides is 1. The second-order valence-corrected chi connectivity index (χ2v) is 7.29. The van der Waals surface area contributed by atoms with E-state index in [-0.39, 0.29) is 9.90 Å². The van der Waals surface area contributed by atoms with Crippen LogP contribution in [0.1, 0.15) is 0 Å². The fourth-order valence-corrected chi connectivity index (χ4v) is 4.21. The summed E-state index contributed by atoms with van der Waals surface area (Å²) in [6.07, 6.45) is 0. The van der Waals surface area contributed by atoms with Gasteiger partial charge in [-0.1, -0.05) is 17.7 Å². The van der Waals surface area contributed by atoms with Crippen molar-refractivity contribution in [2.75, 3.05) is 10.8 Å². The largest absolute Gasteiger partial charge is 0.480 e. The Labute approximate surface area is 125 Å². The Kier molecular flexibility index (Phi) is 4.32. The van der Waals surface area contributed by atoms with Crippen LogP contribution in [0.15, 0.2) is 46.0 Å². The molecule has 0 aliphatic carbocycles. The lowest BCUT2D eigenvalue weighted by Gasteiger charge is -2.21. The number of halogens is 1. The second kappa shape index (κ2) is 5.82. The van der Waals surface area contributed by atoms with E-state index in [1.165, 1.54) is 30.3 Å². The van der Waals surface area contributed by atoms with Gasteiger partial charge in [0, 0.05) is 5.02 Å². The maximum Gasteiger partial charge on any atom is 0.324 e. The van der Waals surface area contributed by atoms with E-state index in [1.807, 2.05) is 0 Å². The molecule has 0 bridgehead atoms. The van der Waals surface area contributed by atoms with Crippen molar-refractivity contribution in [1.82, 2.24) is 0 Å². The topological polar surface area (TPSA) is 74.7 Å². The van der Waals surface area contributed by atoms with E-state index in [9.17, 15) is 13.2 Å². The summed E-state index contributed by atoms with van der Waals surface area (Å²) in [6.45, 7) is -0.651. The van der Waals surface area contributed by atoms with Crippen LogP contribution in [0, 0.1) is 0 Å².